The summed E-state index contributed by atoms with van der Waals surface area (Å²) in [7, 11) is 1.65. The molecule has 6 nitrogen and oxygen atoms in total. The Labute approximate surface area is 149 Å². The van der Waals surface area contributed by atoms with Crippen LogP contribution in [0, 0.1) is 0 Å². The number of aryl methyl sites for hydroxylation is 1. The van der Waals surface area contributed by atoms with E-state index in [0.29, 0.717) is 31.9 Å². The molecule has 0 aromatic heterocycles. The standard InChI is InChI=1S/C19H28N2O4/c1-24-17-4-2-3-14(9-17)5-6-19(23)20-15-10-16-13-25-18(7-8-22)12-21(16)11-15/h2-4,9,15-16,18,22H,5-8,10-13H2,1H3,(H,20,23)/t15-,16-,18-/m0/s1. The van der Waals surface area contributed by atoms with Crippen LogP contribution in [-0.2, 0) is 16.0 Å². The van der Waals surface area contributed by atoms with Gasteiger partial charge in [0.25, 0.3) is 0 Å². The first-order valence-corrected chi connectivity index (χ1v) is 9.06. The van der Waals surface area contributed by atoms with Crippen LogP contribution in [0.25, 0.3) is 0 Å². The predicted molar refractivity (Wildman–Crippen MR) is 94.7 cm³/mol. The van der Waals surface area contributed by atoms with Gasteiger partial charge < -0.3 is 19.9 Å². The third-order valence-electron chi connectivity index (χ3n) is 5.08. The molecule has 6 heteroatoms. The number of rotatable bonds is 7. The molecule has 2 fully saturated rings. The summed E-state index contributed by atoms with van der Waals surface area (Å²) in [6, 6.07) is 8.43. The SMILES string of the molecule is COc1cccc(CCC(=O)N[C@H]2C[C@H]3CO[C@@H](CCO)CN3C2)c1. The number of ether oxygens (including phenoxy) is 2. The number of benzene rings is 1. The number of aliphatic hydroxyl groups excluding tert-OH is 1. The lowest BCUT2D eigenvalue weighted by atomic mass is 10.1. The normalized spacial score (nSPS) is 26.2. The van der Waals surface area contributed by atoms with Crippen molar-refractivity contribution in [2.75, 3.05) is 33.4 Å². The minimum absolute atomic E-state index is 0.0977. The number of carbonyl (C=O) groups is 1. The molecular weight excluding hydrogens is 320 g/mol. The van der Waals surface area contributed by atoms with Crippen LogP contribution >= 0.6 is 0 Å². The summed E-state index contributed by atoms with van der Waals surface area (Å²) in [6.07, 6.45) is 2.93. The van der Waals surface area contributed by atoms with Crippen LogP contribution in [-0.4, -0.2) is 67.5 Å². The maximum Gasteiger partial charge on any atom is 0.220 e. The highest BCUT2D eigenvalue weighted by Gasteiger charge is 2.37. The summed E-state index contributed by atoms with van der Waals surface area (Å²) in [4.78, 5) is 14.7. The van der Waals surface area contributed by atoms with Crippen LogP contribution in [0.3, 0.4) is 0 Å². The summed E-state index contributed by atoms with van der Waals surface area (Å²) in [5.41, 5.74) is 1.11. The van der Waals surface area contributed by atoms with E-state index in [0.717, 1.165) is 30.8 Å². The topological polar surface area (TPSA) is 71.0 Å². The van der Waals surface area contributed by atoms with Gasteiger partial charge in [-0.25, -0.2) is 0 Å². The number of morpholine rings is 1. The summed E-state index contributed by atoms with van der Waals surface area (Å²) >= 11 is 0. The monoisotopic (exact) mass is 348 g/mol. The van der Waals surface area contributed by atoms with Gasteiger partial charge in [-0.05, 0) is 37.0 Å². The molecule has 0 aliphatic carbocycles. The first-order chi connectivity index (χ1) is 12.2. The number of fused-ring (bicyclic) bond motifs is 1. The Bertz CT molecular complexity index is 580. The average molecular weight is 348 g/mol. The van der Waals surface area contributed by atoms with Crippen LogP contribution in [0.4, 0.5) is 0 Å². The van der Waals surface area contributed by atoms with E-state index < -0.39 is 0 Å². The van der Waals surface area contributed by atoms with Crippen LogP contribution in [0.5, 0.6) is 5.75 Å². The molecule has 3 rings (SSSR count). The molecular formula is C19H28N2O4. The minimum Gasteiger partial charge on any atom is -0.497 e. The number of nitrogens with zero attached hydrogens (tertiary/aromatic N) is 1. The fraction of sp³-hybridized carbons (Fsp3) is 0.632. The van der Waals surface area contributed by atoms with E-state index in [-0.39, 0.29) is 24.7 Å². The molecule has 3 atom stereocenters. The zero-order valence-corrected chi connectivity index (χ0v) is 14.8. The van der Waals surface area contributed by atoms with E-state index in [1.54, 1.807) is 7.11 Å². The van der Waals surface area contributed by atoms with Crippen molar-refractivity contribution in [3.63, 3.8) is 0 Å². The first-order valence-electron chi connectivity index (χ1n) is 9.06. The van der Waals surface area contributed by atoms with Crippen molar-refractivity contribution in [2.24, 2.45) is 0 Å². The minimum atomic E-state index is 0.0977. The second-order valence-corrected chi connectivity index (χ2v) is 6.93. The first kappa shape index (κ1) is 18.2. The second kappa shape index (κ2) is 8.65. The molecule has 25 heavy (non-hydrogen) atoms. The number of hydrogen-bond acceptors (Lipinski definition) is 5. The molecule has 0 spiro atoms. The highest BCUT2D eigenvalue weighted by Crippen LogP contribution is 2.24. The molecule has 2 aliphatic rings. The number of methoxy groups -OCH3 is 1. The second-order valence-electron chi connectivity index (χ2n) is 6.93. The molecule has 2 heterocycles. The maximum absolute atomic E-state index is 12.3. The van der Waals surface area contributed by atoms with E-state index in [2.05, 4.69) is 10.2 Å². The van der Waals surface area contributed by atoms with Gasteiger partial charge in [0.05, 0.1) is 19.8 Å². The molecule has 0 radical (unpaired) electrons. The average Bonchev–Trinajstić information content (AvgIpc) is 3.02. The van der Waals surface area contributed by atoms with E-state index in [4.69, 9.17) is 14.6 Å². The van der Waals surface area contributed by atoms with Gasteiger partial charge in [-0.3, -0.25) is 9.69 Å². The number of nitrogens with one attached hydrogen (secondary N) is 1. The molecule has 2 aliphatic heterocycles. The number of hydrogen-bond donors (Lipinski definition) is 2. The van der Waals surface area contributed by atoms with Gasteiger partial charge >= 0.3 is 0 Å². The van der Waals surface area contributed by atoms with Crippen LogP contribution in [0.1, 0.15) is 24.8 Å². The van der Waals surface area contributed by atoms with Crippen molar-refractivity contribution in [1.82, 2.24) is 10.2 Å². The Morgan fingerprint density at radius 1 is 1.44 bits per heavy atom. The highest BCUT2D eigenvalue weighted by atomic mass is 16.5. The fourth-order valence-corrected chi connectivity index (χ4v) is 3.75. The zero-order chi connectivity index (χ0) is 17.6. The van der Waals surface area contributed by atoms with Gasteiger partial charge in [0.15, 0.2) is 0 Å². The lowest BCUT2D eigenvalue weighted by Crippen LogP contribution is -2.46. The van der Waals surface area contributed by atoms with Crippen molar-refractivity contribution in [1.29, 1.82) is 0 Å². The molecule has 2 N–H and O–H groups in total. The van der Waals surface area contributed by atoms with Gasteiger partial charge in [-0.2, -0.15) is 0 Å². The van der Waals surface area contributed by atoms with Crippen molar-refractivity contribution in [3.05, 3.63) is 29.8 Å². The Hall–Kier alpha value is -1.63. The molecule has 0 unspecified atom stereocenters. The molecule has 2 saturated heterocycles. The van der Waals surface area contributed by atoms with Crippen LogP contribution < -0.4 is 10.1 Å². The summed E-state index contributed by atoms with van der Waals surface area (Å²) in [5.74, 6) is 0.920. The van der Waals surface area contributed by atoms with Crippen LogP contribution in [0.2, 0.25) is 0 Å². The lowest BCUT2D eigenvalue weighted by molar-refractivity contribution is -0.121. The van der Waals surface area contributed by atoms with Gasteiger partial charge in [-0.1, -0.05) is 12.1 Å². The maximum atomic E-state index is 12.3. The molecule has 0 saturated carbocycles. The number of amides is 1. The van der Waals surface area contributed by atoms with E-state index >= 15 is 0 Å². The van der Waals surface area contributed by atoms with Crippen molar-refractivity contribution < 1.29 is 19.4 Å². The number of aliphatic hydroxyl groups is 1. The summed E-state index contributed by atoms with van der Waals surface area (Å²) < 4.78 is 11.0. The quantitative estimate of drug-likeness (QED) is 0.768. The van der Waals surface area contributed by atoms with Crippen LogP contribution in [0.15, 0.2) is 24.3 Å². The molecule has 138 valence electrons. The summed E-state index contributed by atoms with van der Waals surface area (Å²) in [5, 5.41) is 12.2. The molecule has 1 aromatic rings. The van der Waals surface area contributed by atoms with Gasteiger partial charge in [0.2, 0.25) is 5.91 Å². The lowest BCUT2D eigenvalue weighted by Gasteiger charge is -2.34. The smallest absolute Gasteiger partial charge is 0.220 e. The van der Waals surface area contributed by atoms with Gasteiger partial charge in [0, 0.05) is 38.2 Å². The summed E-state index contributed by atoms with van der Waals surface area (Å²) in [6.45, 7) is 2.58. The Kier molecular flexibility index (Phi) is 6.29. The third kappa shape index (κ3) is 4.93. The van der Waals surface area contributed by atoms with Gasteiger partial charge in [-0.15, -0.1) is 0 Å². The Balaban J connectivity index is 1.43. The van der Waals surface area contributed by atoms with E-state index in [9.17, 15) is 4.79 Å². The van der Waals surface area contributed by atoms with Crippen molar-refractivity contribution in [3.8, 4) is 5.75 Å². The van der Waals surface area contributed by atoms with Crippen molar-refractivity contribution in [2.45, 2.75) is 43.9 Å². The van der Waals surface area contributed by atoms with Gasteiger partial charge in [0.1, 0.15) is 5.75 Å². The molecule has 1 amide bonds. The third-order valence-corrected chi connectivity index (χ3v) is 5.08. The fourth-order valence-electron chi connectivity index (χ4n) is 3.75. The molecule has 0 bridgehead atoms. The highest BCUT2D eigenvalue weighted by molar-refractivity contribution is 5.76. The largest absolute Gasteiger partial charge is 0.497 e. The van der Waals surface area contributed by atoms with E-state index in [1.807, 2.05) is 24.3 Å². The Morgan fingerprint density at radius 2 is 2.32 bits per heavy atom. The van der Waals surface area contributed by atoms with Crippen molar-refractivity contribution >= 4 is 5.91 Å². The molecule has 1 aromatic carbocycles. The number of carbonyl (C=O) groups excluding carboxylic acids is 1. The predicted octanol–water partition coefficient (Wildman–Crippen LogP) is 0.968. The Morgan fingerprint density at radius 3 is 3.12 bits per heavy atom. The van der Waals surface area contributed by atoms with E-state index in [1.165, 1.54) is 0 Å². The zero-order valence-electron chi connectivity index (χ0n) is 14.8.